The predicted octanol–water partition coefficient (Wildman–Crippen LogP) is 4.10. The van der Waals surface area contributed by atoms with Crippen LogP contribution in [-0.2, 0) is 19.5 Å². The highest BCUT2D eigenvalue weighted by Gasteiger charge is 2.20. The Balaban J connectivity index is 1.82. The summed E-state index contributed by atoms with van der Waals surface area (Å²) in [5.74, 6) is 0.0345. The van der Waals surface area contributed by atoms with Crippen molar-refractivity contribution in [3.05, 3.63) is 89.2 Å². The third-order valence-corrected chi connectivity index (χ3v) is 4.44. The largest absolute Gasteiger partial charge is 0.333 e. The Morgan fingerprint density at radius 2 is 1.62 bits per heavy atom. The first kappa shape index (κ1) is 17.9. The summed E-state index contributed by atoms with van der Waals surface area (Å²) in [6.07, 6.45) is 0.832. The van der Waals surface area contributed by atoms with E-state index in [9.17, 15) is 4.79 Å². The number of aryl methyl sites for hydroxylation is 2. The summed E-state index contributed by atoms with van der Waals surface area (Å²) in [4.78, 5) is 15.2. The molecule has 0 fully saturated rings. The minimum atomic E-state index is 0.0345. The highest BCUT2D eigenvalue weighted by atomic mass is 16.2. The van der Waals surface area contributed by atoms with Crippen LogP contribution in [0.3, 0.4) is 0 Å². The van der Waals surface area contributed by atoms with Gasteiger partial charge in [-0.1, -0.05) is 60.7 Å². The van der Waals surface area contributed by atoms with E-state index >= 15 is 0 Å². The lowest BCUT2D eigenvalue weighted by Crippen LogP contribution is -2.34. The van der Waals surface area contributed by atoms with E-state index in [1.165, 1.54) is 5.56 Å². The Hall–Kier alpha value is -2.88. The molecule has 3 rings (SSSR count). The molecule has 0 aliphatic carbocycles. The van der Waals surface area contributed by atoms with Crippen molar-refractivity contribution in [2.45, 2.75) is 33.4 Å². The Labute approximate surface area is 155 Å². The van der Waals surface area contributed by atoms with Gasteiger partial charge < -0.3 is 4.90 Å². The first-order chi connectivity index (χ1) is 12.7. The molecule has 0 unspecified atom stereocenters. The van der Waals surface area contributed by atoms with E-state index in [1.54, 1.807) is 4.68 Å². The Morgan fingerprint density at radius 3 is 2.23 bits per heavy atom. The summed E-state index contributed by atoms with van der Waals surface area (Å²) in [5, 5.41) is 4.43. The maximum Gasteiger partial charge on any atom is 0.272 e. The molecule has 0 N–H and O–H groups in total. The van der Waals surface area contributed by atoms with Gasteiger partial charge in [0.25, 0.3) is 5.91 Å². The second-order valence-corrected chi connectivity index (χ2v) is 6.43. The number of hydrogen-bond donors (Lipinski definition) is 0. The molecule has 4 nitrogen and oxygen atoms in total. The molecule has 0 bridgehead atoms. The molecular formula is C22H25N3O. The fraction of sp³-hybridized carbons (Fsp3) is 0.273. The molecule has 0 radical (unpaired) electrons. The molecule has 0 spiro atoms. The highest BCUT2D eigenvalue weighted by molar-refractivity contribution is 5.92. The SMILES string of the molecule is CCn1nc(C)cc1C(=O)N(CCc1ccccc1)Cc1ccccc1. The zero-order chi connectivity index (χ0) is 18.4. The third-order valence-electron chi connectivity index (χ3n) is 4.44. The van der Waals surface area contributed by atoms with Gasteiger partial charge in [-0.2, -0.15) is 5.10 Å². The minimum absolute atomic E-state index is 0.0345. The van der Waals surface area contributed by atoms with Gasteiger partial charge >= 0.3 is 0 Å². The topological polar surface area (TPSA) is 38.1 Å². The van der Waals surface area contributed by atoms with E-state index in [2.05, 4.69) is 29.4 Å². The summed E-state index contributed by atoms with van der Waals surface area (Å²) < 4.78 is 1.79. The van der Waals surface area contributed by atoms with Crippen LogP contribution >= 0.6 is 0 Å². The molecule has 26 heavy (non-hydrogen) atoms. The van der Waals surface area contributed by atoms with E-state index in [-0.39, 0.29) is 5.91 Å². The van der Waals surface area contributed by atoms with Gasteiger partial charge in [0.1, 0.15) is 5.69 Å². The van der Waals surface area contributed by atoms with Gasteiger partial charge in [-0.25, -0.2) is 0 Å². The van der Waals surface area contributed by atoms with Gasteiger partial charge in [-0.3, -0.25) is 9.48 Å². The van der Waals surface area contributed by atoms with Crippen LogP contribution in [0, 0.1) is 6.92 Å². The van der Waals surface area contributed by atoms with E-state index in [1.807, 2.05) is 61.2 Å². The average molecular weight is 347 g/mol. The van der Waals surface area contributed by atoms with Crippen LogP contribution < -0.4 is 0 Å². The molecule has 134 valence electrons. The minimum Gasteiger partial charge on any atom is -0.333 e. The number of carbonyl (C=O) groups is 1. The molecule has 1 aromatic heterocycles. The van der Waals surface area contributed by atoms with Crippen LogP contribution in [0.1, 0.15) is 34.2 Å². The zero-order valence-corrected chi connectivity index (χ0v) is 15.4. The van der Waals surface area contributed by atoms with Gasteiger partial charge in [-0.15, -0.1) is 0 Å². The van der Waals surface area contributed by atoms with E-state index in [0.29, 0.717) is 25.3 Å². The Kier molecular flexibility index (Phi) is 5.84. The van der Waals surface area contributed by atoms with Gasteiger partial charge in [0, 0.05) is 19.6 Å². The normalized spacial score (nSPS) is 10.7. The molecule has 2 aromatic carbocycles. The number of amides is 1. The molecule has 0 aliphatic rings. The molecule has 0 atom stereocenters. The zero-order valence-electron chi connectivity index (χ0n) is 15.4. The Morgan fingerprint density at radius 1 is 1.00 bits per heavy atom. The fourth-order valence-electron chi connectivity index (χ4n) is 3.09. The first-order valence-electron chi connectivity index (χ1n) is 9.09. The summed E-state index contributed by atoms with van der Waals surface area (Å²) >= 11 is 0. The number of benzene rings is 2. The standard InChI is InChI=1S/C22H25N3O/c1-3-25-21(16-18(2)23-25)22(26)24(17-20-12-8-5-9-13-20)15-14-19-10-6-4-7-11-19/h4-13,16H,3,14-15,17H2,1-2H3. The van der Waals surface area contributed by atoms with E-state index < -0.39 is 0 Å². The Bertz CT molecular complexity index is 840. The lowest BCUT2D eigenvalue weighted by Gasteiger charge is -2.23. The second kappa shape index (κ2) is 8.48. The van der Waals surface area contributed by atoms with Gasteiger partial charge in [0.2, 0.25) is 0 Å². The second-order valence-electron chi connectivity index (χ2n) is 6.43. The van der Waals surface area contributed by atoms with Crippen LogP contribution in [0.25, 0.3) is 0 Å². The molecular weight excluding hydrogens is 322 g/mol. The van der Waals surface area contributed by atoms with E-state index in [4.69, 9.17) is 0 Å². The monoisotopic (exact) mass is 347 g/mol. The number of nitrogens with zero attached hydrogens (tertiary/aromatic N) is 3. The number of aromatic nitrogens is 2. The lowest BCUT2D eigenvalue weighted by molar-refractivity contribution is 0.0732. The smallest absolute Gasteiger partial charge is 0.272 e. The fourth-order valence-corrected chi connectivity index (χ4v) is 3.09. The average Bonchev–Trinajstić information content (AvgIpc) is 3.07. The van der Waals surface area contributed by atoms with Gasteiger partial charge in [0.05, 0.1) is 5.69 Å². The number of carbonyl (C=O) groups excluding carboxylic acids is 1. The molecule has 4 heteroatoms. The van der Waals surface area contributed by atoms with Gasteiger partial charge in [0.15, 0.2) is 0 Å². The van der Waals surface area contributed by atoms with Crippen molar-refractivity contribution < 1.29 is 4.79 Å². The first-order valence-corrected chi connectivity index (χ1v) is 9.09. The molecule has 0 aliphatic heterocycles. The molecule has 0 saturated heterocycles. The van der Waals surface area contributed by atoms with Crippen molar-refractivity contribution in [3.8, 4) is 0 Å². The van der Waals surface area contributed by atoms with Crippen LogP contribution in [0.2, 0.25) is 0 Å². The predicted molar refractivity (Wildman–Crippen MR) is 104 cm³/mol. The maximum absolute atomic E-state index is 13.2. The summed E-state index contributed by atoms with van der Waals surface area (Å²) in [7, 11) is 0. The van der Waals surface area contributed by atoms with Crippen LogP contribution in [0.4, 0.5) is 0 Å². The summed E-state index contributed by atoms with van der Waals surface area (Å²) in [6.45, 7) is 5.89. The quantitative estimate of drug-likeness (QED) is 0.645. The number of hydrogen-bond acceptors (Lipinski definition) is 2. The van der Waals surface area contributed by atoms with Crippen LogP contribution in [0.5, 0.6) is 0 Å². The third kappa shape index (κ3) is 4.39. The van der Waals surface area contributed by atoms with Crippen LogP contribution in [0.15, 0.2) is 66.7 Å². The van der Waals surface area contributed by atoms with E-state index in [0.717, 1.165) is 17.7 Å². The summed E-state index contributed by atoms with van der Waals surface area (Å²) in [5.41, 5.74) is 3.90. The van der Waals surface area contributed by atoms with Crippen molar-refractivity contribution in [1.82, 2.24) is 14.7 Å². The van der Waals surface area contributed by atoms with Crippen molar-refractivity contribution in [2.75, 3.05) is 6.54 Å². The van der Waals surface area contributed by atoms with Crippen molar-refractivity contribution >= 4 is 5.91 Å². The highest BCUT2D eigenvalue weighted by Crippen LogP contribution is 2.13. The van der Waals surface area contributed by atoms with Crippen molar-refractivity contribution in [2.24, 2.45) is 0 Å². The molecule has 0 saturated carbocycles. The van der Waals surface area contributed by atoms with Crippen molar-refractivity contribution in [3.63, 3.8) is 0 Å². The summed E-state index contributed by atoms with van der Waals surface area (Å²) in [6, 6.07) is 22.3. The number of rotatable bonds is 7. The molecule has 1 amide bonds. The van der Waals surface area contributed by atoms with Crippen molar-refractivity contribution in [1.29, 1.82) is 0 Å². The molecule has 3 aromatic rings. The maximum atomic E-state index is 13.2. The molecule has 1 heterocycles. The van der Waals surface area contributed by atoms with Gasteiger partial charge in [-0.05, 0) is 37.5 Å². The lowest BCUT2D eigenvalue weighted by atomic mass is 10.1. The van der Waals surface area contributed by atoms with Crippen LogP contribution in [-0.4, -0.2) is 27.1 Å².